The van der Waals surface area contributed by atoms with Crippen molar-refractivity contribution < 1.29 is 14.6 Å². The largest absolute Gasteiger partial charge is 0.443 e. The van der Waals surface area contributed by atoms with Crippen LogP contribution in [0, 0.1) is 0 Å². The molecule has 0 unspecified atom stereocenters. The molecule has 0 saturated heterocycles. The summed E-state index contributed by atoms with van der Waals surface area (Å²) < 4.78 is 7.19. The summed E-state index contributed by atoms with van der Waals surface area (Å²) in [5.74, 6) is 1.09. The topological polar surface area (TPSA) is 64.4 Å². The number of fused-ring (bicyclic) bond motifs is 1. The third kappa shape index (κ3) is 3.24. The molecule has 5 nitrogen and oxygen atoms in total. The molecule has 0 amide bonds. The predicted octanol–water partition coefficient (Wildman–Crippen LogP) is 3.97. The van der Waals surface area contributed by atoms with Crippen molar-refractivity contribution in [1.82, 2.24) is 9.55 Å². The van der Waals surface area contributed by atoms with Crippen molar-refractivity contribution in [3.05, 3.63) is 29.6 Å². The van der Waals surface area contributed by atoms with Gasteiger partial charge in [0.25, 0.3) is 0 Å². The Morgan fingerprint density at radius 2 is 2.04 bits per heavy atom. The number of aliphatic hydroxyl groups is 1. The summed E-state index contributed by atoms with van der Waals surface area (Å²) in [5, 5.41) is 9.39. The van der Waals surface area contributed by atoms with E-state index in [0.717, 1.165) is 29.7 Å². The van der Waals surface area contributed by atoms with E-state index in [1.54, 1.807) is 4.57 Å². The van der Waals surface area contributed by atoms with Crippen LogP contribution in [0.5, 0.6) is 0 Å². The molecule has 1 aliphatic carbocycles. The highest BCUT2D eigenvalue weighted by Crippen LogP contribution is 2.35. The molecule has 1 N–H and O–H groups in total. The number of rotatable bonds is 2. The number of aliphatic hydroxyl groups excluding tert-OH is 1. The number of hydrogen-bond donors (Lipinski definition) is 1. The van der Waals surface area contributed by atoms with Gasteiger partial charge in [-0.15, -0.1) is 0 Å². The van der Waals surface area contributed by atoms with Crippen molar-refractivity contribution in [2.75, 3.05) is 0 Å². The van der Waals surface area contributed by atoms with Gasteiger partial charge in [-0.25, -0.2) is 14.3 Å². The molecular weight excluding hydrogens is 292 g/mol. The van der Waals surface area contributed by atoms with Gasteiger partial charge in [0.15, 0.2) is 0 Å². The van der Waals surface area contributed by atoms with Gasteiger partial charge < -0.3 is 9.84 Å². The molecule has 0 atom stereocenters. The number of nitrogens with zero attached hydrogens (tertiary/aromatic N) is 2. The Morgan fingerprint density at radius 1 is 1.35 bits per heavy atom. The summed E-state index contributed by atoms with van der Waals surface area (Å²) in [5.41, 5.74) is 1.69. The maximum Gasteiger partial charge on any atom is 0.420 e. The van der Waals surface area contributed by atoms with E-state index in [1.165, 1.54) is 12.8 Å². The number of benzene rings is 1. The first kappa shape index (κ1) is 16.0. The Morgan fingerprint density at radius 3 is 2.65 bits per heavy atom. The first-order chi connectivity index (χ1) is 10.9. The molecule has 23 heavy (non-hydrogen) atoms. The van der Waals surface area contributed by atoms with Crippen LogP contribution < -0.4 is 0 Å². The Hall–Kier alpha value is -1.88. The van der Waals surface area contributed by atoms with Gasteiger partial charge in [0.05, 0.1) is 17.6 Å². The van der Waals surface area contributed by atoms with E-state index in [9.17, 15) is 9.90 Å². The van der Waals surface area contributed by atoms with E-state index in [4.69, 9.17) is 9.72 Å². The molecule has 0 aliphatic heterocycles. The summed E-state index contributed by atoms with van der Waals surface area (Å²) in [7, 11) is 0. The van der Waals surface area contributed by atoms with Gasteiger partial charge in [-0.1, -0.05) is 18.9 Å². The Balaban J connectivity index is 2.13. The van der Waals surface area contributed by atoms with Crippen LogP contribution in [0.3, 0.4) is 0 Å². The second kappa shape index (κ2) is 5.96. The third-order valence-corrected chi connectivity index (χ3v) is 4.22. The number of ether oxygens (including phenoxy) is 1. The first-order valence-corrected chi connectivity index (χ1v) is 8.24. The van der Waals surface area contributed by atoms with Crippen molar-refractivity contribution in [3.8, 4) is 0 Å². The Labute approximate surface area is 136 Å². The number of hydrogen-bond acceptors (Lipinski definition) is 4. The van der Waals surface area contributed by atoms with Gasteiger partial charge in [0.1, 0.15) is 11.4 Å². The molecular formula is C18H24N2O3. The van der Waals surface area contributed by atoms with Crippen LogP contribution >= 0.6 is 0 Å². The normalized spacial score (nSPS) is 16.2. The standard InChI is InChI=1S/C18H24N2O3/c1-18(2,3)23-17(22)20-15-10-12(11-21)8-9-14(15)19-16(20)13-6-4-5-7-13/h8-10,13,21H,4-7,11H2,1-3H3. The zero-order valence-electron chi connectivity index (χ0n) is 14.0. The van der Waals surface area contributed by atoms with Crippen molar-refractivity contribution >= 4 is 17.1 Å². The van der Waals surface area contributed by atoms with Crippen molar-refractivity contribution in [2.24, 2.45) is 0 Å². The summed E-state index contributed by atoms with van der Waals surface area (Å²) in [4.78, 5) is 17.5. The van der Waals surface area contributed by atoms with Crippen molar-refractivity contribution in [2.45, 2.75) is 64.6 Å². The fraction of sp³-hybridized carbons (Fsp3) is 0.556. The zero-order valence-corrected chi connectivity index (χ0v) is 14.0. The molecule has 3 rings (SSSR count). The van der Waals surface area contributed by atoms with Crippen LogP contribution in [0.4, 0.5) is 4.79 Å². The molecule has 2 aromatic rings. The van der Waals surface area contributed by atoms with E-state index in [2.05, 4.69) is 0 Å². The van der Waals surface area contributed by atoms with E-state index in [1.807, 2.05) is 39.0 Å². The number of aromatic nitrogens is 2. The average Bonchev–Trinajstić information content (AvgIpc) is 3.11. The molecule has 1 aliphatic rings. The lowest BCUT2D eigenvalue weighted by Gasteiger charge is -2.21. The average molecular weight is 316 g/mol. The van der Waals surface area contributed by atoms with E-state index in [-0.39, 0.29) is 6.61 Å². The fourth-order valence-corrected chi connectivity index (χ4v) is 3.20. The minimum Gasteiger partial charge on any atom is -0.443 e. The molecule has 5 heteroatoms. The van der Waals surface area contributed by atoms with Gasteiger partial charge >= 0.3 is 6.09 Å². The molecule has 124 valence electrons. The first-order valence-electron chi connectivity index (χ1n) is 8.24. The van der Waals surface area contributed by atoms with E-state index >= 15 is 0 Å². The van der Waals surface area contributed by atoms with Crippen LogP contribution in [-0.2, 0) is 11.3 Å². The quantitative estimate of drug-likeness (QED) is 0.910. The summed E-state index contributed by atoms with van der Waals surface area (Å²) in [6, 6.07) is 5.53. The van der Waals surface area contributed by atoms with E-state index < -0.39 is 11.7 Å². The fourth-order valence-electron chi connectivity index (χ4n) is 3.20. The Kier molecular flexibility index (Phi) is 4.15. The molecule has 1 aromatic carbocycles. The van der Waals surface area contributed by atoms with Crippen LogP contribution in [0.15, 0.2) is 18.2 Å². The highest BCUT2D eigenvalue weighted by molar-refractivity contribution is 5.88. The van der Waals surface area contributed by atoms with Crippen molar-refractivity contribution in [1.29, 1.82) is 0 Å². The van der Waals surface area contributed by atoms with Gasteiger partial charge in [-0.3, -0.25) is 0 Å². The minimum absolute atomic E-state index is 0.0613. The van der Waals surface area contributed by atoms with Gasteiger partial charge in [-0.05, 0) is 51.3 Å². The monoisotopic (exact) mass is 316 g/mol. The molecule has 1 heterocycles. The lowest BCUT2D eigenvalue weighted by atomic mass is 10.1. The Bertz CT molecular complexity index is 722. The number of carbonyl (C=O) groups is 1. The second-order valence-corrected chi connectivity index (χ2v) is 7.25. The second-order valence-electron chi connectivity index (χ2n) is 7.25. The molecule has 1 aromatic heterocycles. The molecule has 1 fully saturated rings. The zero-order chi connectivity index (χ0) is 16.6. The lowest BCUT2D eigenvalue weighted by Crippen LogP contribution is -2.28. The highest BCUT2D eigenvalue weighted by atomic mass is 16.6. The van der Waals surface area contributed by atoms with Crippen LogP contribution in [-0.4, -0.2) is 26.4 Å². The lowest BCUT2D eigenvalue weighted by molar-refractivity contribution is 0.0537. The summed E-state index contributed by atoms with van der Waals surface area (Å²) >= 11 is 0. The number of carbonyl (C=O) groups excluding carboxylic acids is 1. The molecule has 1 saturated carbocycles. The maximum atomic E-state index is 12.8. The third-order valence-electron chi connectivity index (χ3n) is 4.22. The highest BCUT2D eigenvalue weighted by Gasteiger charge is 2.29. The van der Waals surface area contributed by atoms with Crippen LogP contribution in [0.25, 0.3) is 11.0 Å². The molecule has 0 bridgehead atoms. The molecule has 0 spiro atoms. The predicted molar refractivity (Wildman–Crippen MR) is 88.5 cm³/mol. The summed E-state index contributed by atoms with van der Waals surface area (Å²) in [6.45, 7) is 5.52. The number of imidazole rings is 1. The van der Waals surface area contributed by atoms with Gasteiger partial charge in [-0.2, -0.15) is 0 Å². The SMILES string of the molecule is CC(C)(C)OC(=O)n1c(C2CCCC2)nc2ccc(CO)cc21. The van der Waals surface area contributed by atoms with Crippen LogP contribution in [0.1, 0.15) is 63.8 Å². The molecule has 0 radical (unpaired) electrons. The minimum atomic E-state index is -0.560. The van der Waals surface area contributed by atoms with Crippen LogP contribution in [0.2, 0.25) is 0 Å². The van der Waals surface area contributed by atoms with E-state index in [0.29, 0.717) is 11.4 Å². The maximum absolute atomic E-state index is 12.8. The van der Waals surface area contributed by atoms with Crippen molar-refractivity contribution in [3.63, 3.8) is 0 Å². The summed E-state index contributed by atoms with van der Waals surface area (Å²) in [6.07, 6.45) is 4.06. The van der Waals surface area contributed by atoms with Gasteiger partial charge in [0.2, 0.25) is 0 Å². The van der Waals surface area contributed by atoms with Gasteiger partial charge in [0, 0.05) is 5.92 Å². The smallest absolute Gasteiger partial charge is 0.420 e.